The molecule has 0 unspecified atom stereocenters. The Kier molecular flexibility index (Phi) is 11.0. The molecule has 0 atom stereocenters. The van der Waals surface area contributed by atoms with Crippen molar-refractivity contribution < 1.29 is 14.3 Å². The van der Waals surface area contributed by atoms with Gasteiger partial charge in [0.05, 0.1) is 13.2 Å². The Morgan fingerprint density at radius 1 is 1.22 bits per heavy atom. The summed E-state index contributed by atoms with van der Waals surface area (Å²) in [5.74, 6) is -0.178. The highest BCUT2D eigenvalue weighted by Gasteiger charge is 2.13. The lowest BCUT2D eigenvalue weighted by Gasteiger charge is -2.19. The summed E-state index contributed by atoms with van der Waals surface area (Å²) >= 11 is 0. The maximum atomic E-state index is 12.3. The summed E-state index contributed by atoms with van der Waals surface area (Å²) in [6.45, 7) is 6.59. The van der Waals surface area contributed by atoms with Crippen molar-refractivity contribution in [2.24, 2.45) is 0 Å². The standard InChI is InChI=1S/C16H25N3O3.ClH/c1-4-19(5-2)16(21)13-7-6-8-14(11-13)18-15(20)12-17-9-10-22-3;/h6-8,11,17H,4-5,9-10,12H2,1-3H3,(H,18,20);1H. The lowest BCUT2D eigenvalue weighted by molar-refractivity contribution is -0.115. The van der Waals surface area contributed by atoms with Crippen LogP contribution in [0.4, 0.5) is 5.69 Å². The van der Waals surface area contributed by atoms with E-state index in [2.05, 4.69) is 10.6 Å². The van der Waals surface area contributed by atoms with Gasteiger partial charge in [-0.15, -0.1) is 12.4 Å². The summed E-state index contributed by atoms with van der Waals surface area (Å²) in [6.07, 6.45) is 0. The van der Waals surface area contributed by atoms with Crippen LogP contribution in [0.15, 0.2) is 24.3 Å². The van der Waals surface area contributed by atoms with Crippen molar-refractivity contribution in [3.63, 3.8) is 0 Å². The number of benzene rings is 1. The summed E-state index contributed by atoms with van der Waals surface area (Å²) in [4.78, 5) is 25.8. The molecular formula is C16H26ClN3O3. The highest BCUT2D eigenvalue weighted by molar-refractivity contribution is 5.97. The number of anilines is 1. The third kappa shape index (κ3) is 7.45. The van der Waals surface area contributed by atoms with Crippen LogP contribution in [0.3, 0.4) is 0 Å². The fraction of sp³-hybridized carbons (Fsp3) is 0.500. The molecule has 1 rings (SSSR count). The van der Waals surface area contributed by atoms with Gasteiger partial charge >= 0.3 is 0 Å². The number of nitrogens with zero attached hydrogens (tertiary/aromatic N) is 1. The predicted octanol–water partition coefficient (Wildman–Crippen LogP) is 1.76. The minimum atomic E-state index is -0.149. The zero-order valence-corrected chi connectivity index (χ0v) is 14.7. The number of methoxy groups -OCH3 is 1. The van der Waals surface area contributed by atoms with Crippen LogP contribution >= 0.6 is 12.4 Å². The lowest BCUT2D eigenvalue weighted by atomic mass is 10.1. The molecule has 6 nitrogen and oxygen atoms in total. The second-order valence-electron chi connectivity index (χ2n) is 4.78. The molecule has 0 saturated heterocycles. The Labute approximate surface area is 144 Å². The average molecular weight is 344 g/mol. The van der Waals surface area contributed by atoms with Crippen molar-refractivity contribution in [2.75, 3.05) is 45.2 Å². The van der Waals surface area contributed by atoms with Crippen molar-refractivity contribution in [1.29, 1.82) is 0 Å². The van der Waals surface area contributed by atoms with Crippen molar-refractivity contribution in [3.05, 3.63) is 29.8 Å². The third-order valence-corrected chi connectivity index (χ3v) is 3.21. The van der Waals surface area contributed by atoms with Crippen molar-refractivity contribution >= 4 is 29.9 Å². The maximum absolute atomic E-state index is 12.3. The molecule has 0 heterocycles. The van der Waals surface area contributed by atoms with E-state index in [-0.39, 0.29) is 30.8 Å². The van der Waals surface area contributed by atoms with Gasteiger partial charge in [-0.2, -0.15) is 0 Å². The van der Waals surface area contributed by atoms with Gasteiger partial charge < -0.3 is 20.3 Å². The zero-order chi connectivity index (χ0) is 16.4. The Morgan fingerprint density at radius 3 is 2.52 bits per heavy atom. The minimum Gasteiger partial charge on any atom is -0.383 e. The van der Waals surface area contributed by atoms with E-state index in [9.17, 15) is 9.59 Å². The van der Waals surface area contributed by atoms with Gasteiger partial charge in [-0.3, -0.25) is 9.59 Å². The number of ether oxygens (including phenoxy) is 1. The summed E-state index contributed by atoms with van der Waals surface area (Å²) in [6, 6.07) is 7.00. The van der Waals surface area contributed by atoms with Gasteiger partial charge in [0.25, 0.3) is 5.91 Å². The number of nitrogens with one attached hydrogen (secondary N) is 2. The third-order valence-electron chi connectivity index (χ3n) is 3.21. The van der Waals surface area contributed by atoms with Crippen LogP contribution in [-0.2, 0) is 9.53 Å². The second-order valence-corrected chi connectivity index (χ2v) is 4.78. The number of hydrogen-bond donors (Lipinski definition) is 2. The molecule has 0 fully saturated rings. The topological polar surface area (TPSA) is 70.7 Å². The van der Waals surface area contributed by atoms with Gasteiger partial charge in [0.2, 0.25) is 5.91 Å². The van der Waals surface area contributed by atoms with E-state index in [1.165, 1.54) is 0 Å². The molecule has 0 aliphatic heterocycles. The Hall–Kier alpha value is -1.63. The SMILES string of the molecule is CCN(CC)C(=O)c1cccc(NC(=O)CNCCOC)c1.Cl. The smallest absolute Gasteiger partial charge is 0.253 e. The highest BCUT2D eigenvalue weighted by atomic mass is 35.5. The summed E-state index contributed by atoms with van der Waals surface area (Å²) in [5, 5.41) is 5.74. The van der Waals surface area contributed by atoms with E-state index in [4.69, 9.17) is 4.74 Å². The molecule has 0 bridgehead atoms. The van der Waals surface area contributed by atoms with Gasteiger partial charge in [0.1, 0.15) is 0 Å². The molecule has 0 spiro atoms. The lowest BCUT2D eigenvalue weighted by Crippen LogP contribution is -2.31. The largest absolute Gasteiger partial charge is 0.383 e. The molecule has 1 aromatic carbocycles. The summed E-state index contributed by atoms with van der Waals surface area (Å²) in [5.41, 5.74) is 1.20. The highest BCUT2D eigenvalue weighted by Crippen LogP contribution is 2.12. The van der Waals surface area contributed by atoms with E-state index in [0.717, 1.165) is 0 Å². The Morgan fingerprint density at radius 2 is 1.91 bits per heavy atom. The Bertz CT molecular complexity index is 493. The molecule has 1 aromatic rings. The summed E-state index contributed by atoms with van der Waals surface area (Å²) in [7, 11) is 1.61. The first-order valence-corrected chi connectivity index (χ1v) is 7.51. The van der Waals surface area contributed by atoms with Gasteiger partial charge in [-0.1, -0.05) is 6.07 Å². The van der Waals surface area contributed by atoms with E-state index in [0.29, 0.717) is 37.5 Å². The average Bonchev–Trinajstić information content (AvgIpc) is 2.53. The quantitative estimate of drug-likeness (QED) is 0.670. The molecule has 0 aliphatic rings. The predicted molar refractivity (Wildman–Crippen MR) is 94.3 cm³/mol. The number of carbonyl (C=O) groups excluding carboxylic acids is 2. The van der Waals surface area contributed by atoms with Gasteiger partial charge in [-0.25, -0.2) is 0 Å². The maximum Gasteiger partial charge on any atom is 0.253 e. The number of carbonyl (C=O) groups is 2. The van der Waals surface area contributed by atoms with Crippen LogP contribution in [0, 0.1) is 0 Å². The first kappa shape index (κ1) is 21.4. The molecule has 0 saturated carbocycles. The molecule has 7 heteroatoms. The number of amides is 2. The molecule has 2 amide bonds. The van der Waals surface area contributed by atoms with Crippen LogP contribution in [-0.4, -0.2) is 56.6 Å². The fourth-order valence-corrected chi connectivity index (χ4v) is 2.00. The number of hydrogen-bond acceptors (Lipinski definition) is 4. The molecule has 0 aliphatic carbocycles. The van der Waals surface area contributed by atoms with E-state index < -0.39 is 0 Å². The monoisotopic (exact) mass is 343 g/mol. The number of rotatable bonds is 9. The molecule has 23 heavy (non-hydrogen) atoms. The van der Waals surface area contributed by atoms with E-state index in [1.54, 1.807) is 36.3 Å². The first-order valence-electron chi connectivity index (χ1n) is 7.51. The van der Waals surface area contributed by atoms with Gasteiger partial charge in [0, 0.05) is 38.0 Å². The van der Waals surface area contributed by atoms with Crippen LogP contribution in [0.1, 0.15) is 24.2 Å². The molecule has 0 aromatic heterocycles. The van der Waals surface area contributed by atoms with Crippen molar-refractivity contribution in [1.82, 2.24) is 10.2 Å². The number of halogens is 1. The van der Waals surface area contributed by atoms with Crippen LogP contribution < -0.4 is 10.6 Å². The van der Waals surface area contributed by atoms with E-state index >= 15 is 0 Å². The second kappa shape index (κ2) is 11.9. The molecule has 130 valence electrons. The first-order chi connectivity index (χ1) is 10.6. The summed E-state index contributed by atoms with van der Waals surface area (Å²) < 4.78 is 4.89. The van der Waals surface area contributed by atoms with Crippen LogP contribution in [0.5, 0.6) is 0 Å². The van der Waals surface area contributed by atoms with Crippen molar-refractivity contribution in [2.45, 2.75) is 13.8 Å². The zero-order valence-electron chi connectivity index (χ0n) is 13.9. The van der Waals surface area contributed by atoms with Crippen LogP contribution in [0.25, 0.3) is 0 Å². The van der Waals surface area contributed by atoms with Crippen LogP contribution in [0.2, 0.25) is 0 Å². The van der Waals surface area contributed by atoms with Gasteiger partial charge in [0.15, 0.2) is 0 Å². The normalized spacial score (nSPS) is 9.87. The van der Waals surface area contributed by atoms with Gasteiger partial charge in [-0.05, 0) is 32.0 Å². The fourth-order valence-electron chi connectivity index (χ4n) is 2.00. The Balaban J connectivity index is 0.00000484. The molecular weight excluding hydrogens is 318 g/mol. The van der Waals surface area contributed by atoms with Crippen molar-refractivity contribution in [3.8, 4) is 0 Å². The molecule has 0 radical (unpaired) electrons. The minimum absolute atomic E-state index is 0. The molecule has 2 N–H and O–H groups in total. The van der Waals surface area contributed by atoms with E-state index in [1.807, 2.05) is 13.8 Å².